The first-order chi connectivity index (χ1) is 8.40. The molecule has 0 spiro atoms. The third-order valence-corrected chi connectivity index (χ3v) is 3.16. The van der Waals surface area contributed by atoms with Gasteiger partial charge in [-0.05, 0) is 18.4 Å². The largest absolute Gasteiger partial charge is 0.338 e. The van der Waals surface area contributed by atoms with Crippen molar-refractivity contribution in [1.82, 2.24) is 15.3 Å². The Kier molecular flexibility index (Phi) is 4.74. The summed E-state index contributed by atoms with van der Waals surface area (Å²) in [4.78, 5) is 11.2. The van der Waals surface area contributed by atoms with Gasteiger partial charge in [0.1, 0.15) is 0 Å². The van der Waals surface area contributed by atoms with Gasteiger partial charge in [0, 0.05) is 38.6 Å². The summed E-state index contributed by atoms with van der Waals surface area (Å²) < 4.78 is 0. The molecule has 1 fully saturated rings. The van der Waals surface area contributed by atoms with E-state index in [1.165, 1.54) is 24.8 Å². The highest BCUT2D eigenvalue weighted by Crippen LogP contribution is 2.10. The smallest absolute Gasteiger partial charge is 0.225 e. The second kappa shape index (κ2) is 6.55. The van der Waals surface area contributed by atoms with Gasteiger partial charge < -0.3 is 10.2 Å². The van der Waals surface area contributed by atoms with Gasteiger partial charge in [-0.25, -0.2) is 9.97 Å². The molecule has 1 aliphatic rings. The number of nitrogens with zero attached hydrogens (tertiary/aromatic N) is 3. The summed E-state index contributed by atoms with van der Waals surface area (Å²) in [6.45, 7) is 6.30. The summed E-state index contributed by atoms with van der Waals surface area (Å²) in [7, 11) is 0. The highest BCUT2D eigenvalue weighted by atomic mass is 15.3. The monoisotopic (exact) mass is 234 g/mol. The summed E-state index contributed by atoms with van der Waals surface area (Å²) in [5.41, 5.74) is 1.26. The van der Waals surface area contributed by atoms with Crippen LogP contribution in [0.3, 0.4) is 0 Å². The van der Waals surface area contributed by atoms with Crippen LogP contribution in [-0.2, 0) is 6.42 Å². The lowest BCUT2D eigenvalue weighted by molar-refractivity contribution is 0.579. The Morgan fingerprint density at radius 1 is 1.18 bits per heavy atom. The predicted molar refractivity (Wildman–Crippen MR) is 70.3 cm³/mol. The Morgan fingerprint density at radius 3 is 2.53 bits per heavy atom. The Bertz CT molecular complexity index is 317. The van der Waals surface area contributed by atoms with Crippen molar-refractivity contribution in [2.75, 3.05) is 31.1 Å². The maximum Gasteiger partial charge on any atom is 0.225 e. The van der Waals surface area contributed by atoms with Crippen LogP contribution in [0.15, 0.2) is 12.4 Å². The minimum Gasteiger partial charge on any atom is -0.338 e. The lowest BCUT2D eigenvalue weighted by Gasteiger charge is -2.27. The average Bonchev–Trinajstić information content (AvgIpc) is 2.41. The van der Waals surface area contributed by atoms with Crippen LogP contribution in [0.1, 0.15) is 31.7 Å². The van der Waals surface area contributed by atoms with Gasteiger partial charge in [-0.3, -0.25) is 0 Å². The number of piperazine rings is 1. The van der Waals surface area contributed by atoms with Crippen molar-refractivity contribution in [1.29, 1.82) is 0 Å². The number of rotatable bonds is 5. The third-order valence-electron chi connectivity index (χ3n) is 3.16. The number of anilines is 1. The number of hydrogen-bond acceptors (Lipinski definition) is 4. The lowest BCUT2D eigenvalue weighted by Crippen LogP contribution is -2.44. The number of nitrogens with one attached hydrogen (secondary N) is 1. The molecule has 0 bridgehead atoms. The summed E-state index contributed by atoms with van der Waals surface area (Å²) in [5, 5.41) is 3.33. The molecule has 1 aromatic rings. The van der Waals surface area contributed by atoms with Gasteiger partial charge in [0.2, 0.25) is 5.95 Å². The highest BCUT2D eigenvalue weighted by Gasteiger charge is 2.12. The molecule has 17 heavy (non-hydrogen) atoms. The number of aryl methyl sites for hydroxylation is 1. The van der Waals surface area contributed by atoms with Gasteiger partial charge in [0.05, 0.1) is 0 Å². The molecule has 2 heterocycles. The fourth-order valence-corrected chi connectivity index (χ4v) is 2.08. The molecule has 4 nitrogen and oxygen atoms in total. The maximum atomic E-state index is 4.47. The van der Waals surface area contributed by atoms with Crippen molar-refractivity contribution in [3.63, 3.8) is 0 Å². The van der Waals surface area contributed by atoms with E-state index in [-0.39, 0.29) is 0 Å². The highest BCUT2D eigenvalue weighted by molar-refractivity contribution is 5.30. The van der Waals surface area contributed by atoms with E-state index in [1.54, 1.807) is 0 Å². The Labute approximate surface area is 103 Å². The minimum atomic E-state index is 0.880. The average molecular weight is 234 g/mol. The fraction of sp³-hybridized carbons (Fsp3) is 0.692. The van der Waals surface area contributed by atoms with E-state index in [4.69, 9.17) is 0 Å². The van der Waals surface area contributed by atoms with Crippen LogP contribution in [0.4, 0.5) is 5.95 Å². The standard InChI is InChI=1S/C13H22N4/c1-2-3-4-5-12-10-15-13(16-11-12)17-8-6-14-7-9-17/h10-11,14H,2-9H2,1H3. The number of aromatic nitrogens is 2. The normalized spacial score (nSPS) is 16.2. The Balaban J connectivity index is 1.88. The molecule has 1 N–H and O–H groups in total. The summed E-state index contributed by atoms with van der Waals surface area (Å²) in [6, 6.07) is 0. The van der Waals surface area contributed by atoms with E-state index < -0.39 is 0 Å². The molecule has 0 radical (unpaired) electrons. The van der Waals surface area contributed by atoms with Gasteiger partial charge in [0.25, 0.3) is 0 Å². The van der Waals surface area contributed by atoms with Crippen LogP contribution in [0, 0.1) is 0 Å². The zero-order chi connectivity index (χ0) is 11.9. The molecule has 0 atom stereocenters. The molecular weight excluding hydrogens is 212 g/mol. The molecule has 4 heteroatoms. The van der Waals surface area contributed by atoms with E-state index in [0.717, 1.165) is 38.5 Å². The van der Waals surface area contributed by atoms with E-state index in [1.807, 2.05) is 12.4 Å². The molecule has 0 aliphatic carbocycles. The zero-order valence-corrected chi connectivity index (χ0v) is 10.7. The molecule has 1 aromatic heterocycles. The molecule has 0 saturated carbocycles. The zero-order valence-electron chi connectivity index (χ0n) is 10.7. The molecule has 0 aromatic carbocycles. The van der Waals surface area contributed by atoms with Gasteiger partial charge in [-0.2, -0.15) is 0 Å². The summed E-state index contributed by atoms with van der Waals surface area (Å²) in [6.07, 6.45) is 8.88. The molecule has 1 aliphatic heterocycles. The summed E-state index contributed by atoms with van der Waals surface area (Å²) >= 11 is 0. The molecule has 0 amide bonds. The molecule has 1 saturated heterocycles. The van der Waals surface area contributed by atoms with Crippen LogP contribution >= 0.6 is 0 Å². The maximum absolute atomic E-state index is 4.47. The van der Waals surface area contributed by atoms with Crippen LogP contribution < -0.4 is 10.2 Å². The van der Waals surface area contributed by atoms with Gasteiger partial charge in [-0.1, -0.05) is 19.8 Å². The fourth-order valence-electron chi connectivity index (χ4n) is 2.08. The Hall–Kier alpha value is -1.16. The third kappa shape index (κ3) is 3.66. The van der Waals surface area contributed by atoms with Gasteiger partial charge in [-0.15, -0.1) is 0 Å². The second-order valence-electron chi connectivity index (χ2n) is 4.59. The second-order valence-corrected chi connectivity index (χ2v) is 4.59. The minimum absolute atomic E-state index is 0.880. The van der Waals surface area contributed by atoms with E-state index >= 15 is 0 Å². The topological polar surface area (TPSA) is 41.1 Å². The van der Waals surface area contributed by atoms with Crippen LogP contribution in [-0.4, -0.2) is 36.1 Å². The van der Waals surface area contributed by atoms with Crippen molar-refractivity contribution in [3.05, 3.63) is 18.0 Å². The van der Waals surface area contributed by atoms with Crippen molar-refractivity contribution < 1.29 is 0 Å². The van der Waals surface area contributed by atoms with Gasteiger partial charge in [0.15, 0.2) is 0 Å². The number of unbranched alkanes of at least 4 members (excludes halogenated alkanes) is 2. The Morgan fingerprint density at radius 2 is 1.88 bits per heavy atom. The summed E-state index contributed by atoms with van der Waals surface area (Å²) in [5.74, 6) is 0.880. The lowest BCUT2D eigenvalue weighted by atomic mass is 10.1. The molecule has 0 unspecified atom stereocenters. The SMILES string of the molecule is CCCCCc1cnc(N2CCNCC2)nc1. The van der Waals surface area contributed by atoms with E-state index in [2.05, 4.69) is 27.1 Å². The first-order valence-electron chi connectivity index (χ1n) is 6.66. The molecule has 94 valence electrons. The van der Waals surface area contributed by atoms with Crippen LogP contribution in [0.5, 0.6) is 0 Å². The predicted octanol–water partition coefficient (Wildman–Crippen LogP) is 1.62. The van der Waals surface area contributed by atoms with Crippen LogP contribution in [0.2, 0.25) is 0 Å². The van der Waals surface area contributed by atoms with Crippen molar-refractivity contribution in [2.24, 2.45) is 0 Å². The quantitative estimate of drug-likeness (QED) is 0.786. The van der Waals surface area contributed by atoms with E-state index in [9.17, 15) is 0 Å². The first kappa shape index (κ1) is 12.3. The van der Waals surface area contributed by atoms with Gasteiger partial charge >= 0.3 is 0 Å². The molecular formula is C13H22N4. The first-order valence-corrected chi connectivity index (χ1v) is 6.66. The molecule has 2 rings (SSSR count). The van der Waals surface area contributed by atoms with Crippen molar-refractivity contribution in [3.8, 4) is 0 Å². The number of hydrogen-bond donors (Lipinski definition) is 1. The van der Waals surface area contributed by atoms with Crippen molar-refractivity contribution in [2.45, 2.75) is 32.6 Å². The van der Waals surface area contributed by atoms with Crippen LogP contribution in [0.25, 0.3) is 0 Å². The van der Waals surface area contributed by atoms with E-state index in [0.29, 0.717) is 0 Å². The van der Waals surface area contributed by atoms with Crippen molar-refractivity contribution >= 4 is 5.95 Å².